The zero-order valence-corrected chi connectivity index (χ0v) is 14.9. The molecular weight excluding hydrogens is 322 g/mol. The van der Waals surface area contributed by atoms with Gasteiger partial charge in [-0.2, -0.15) is 0 Å². The minimum absolute atomic E-state index is 0.258. The zero-order chi connectivity index (χ0) is 15.1. The summed E-state index contributed by atoms with van der Waals surface area (Å²) >= 11 is 9.51. The van der Waals surface area contributed by atoms with Crippen molar-refractivity contribution in [1.82, 2.24) is 5.32 Å². The molecule has 0 aromatic carbocycles. The van der Waals surface area contributed by atoms with Crippen molar-refractivity contribution in [2.75, 3.05) is 13.2 Å². The van der Waals surface area contributed by atoms with Crippen LogP contribution in [0.25, 0.3) is 0 Å². The minimum atomic E-state index is 0.258. The van der Waals surface area contributed by atoms with Gasteiger partial charge in [-0.1, -0.05) is 17.7 Å². The Labute approximate surface area is 140 Å². The Morgan fingerprint density at radius 2 is 2.05 bits per heavy atom. The fourth-order valence-corrected chi connectivity index (χ4v) is 4.12. The Morgan fingerprint density at radius 3 is 2.67 bits per heavy atom. The van der Waals surface area contributed by atoms with Gasteiger partial charge >= 0.3 is 0 Å². The lowest BCUT2D eigenvalue weighted by Gasteiger charge is -2.16. The summed E-state index contributed by atoms with van der Waals surface area (Å²) in [6.07, 6.45) is 2.53. The Kier molecular flexibility index (Phi) is 7.20. The third-order valence-electron chi connectivity index (χ3n) is 3.08. The van der Waals surface area contributed by atoms with Gasteiger partial charge in [-0.3, -0.25) is 0 Å². The molecule has 21 heavy (non-hydrogen) atoms. The average Bonchev–Trinajstić information content (AvgIpc) is 3.09. The third-order valence-corrected chi connectivity index (χ3v) is 5.31. The van der Waals surface area contributed by atoms with Crippen LogP contribution in [0.5, 0.6) is 0 Å². The lowest BCUT2D eigenvalue weighted by molar-refractivity contribution is 0.0760. The van der Waals surface area contributed by atoms with Crippen LogP contribution < -0.4 is 5.32 Å². The molecule has 5 heteroatoms. The largest absolute Gasteiger partial charge is 0.379 e. The van der Waals surface area contributed by atoms with E-state index < -0.39 is 0 Å². The summed E-state index contributed by atoms with van der Waals surface area (Å²) in [6, 6.07) is 8.62. The summed E-state index contributed by atoms with van der Waals surface area (Å²) in [5, 5.41) is 5.77. The van der Waals surface area contributed by atoms with Crippen LogP contribution in [-0.2, 0) is 4.74 Å². The van der Waals surface area contributed by atoms with Gasteiger partial charge in [-0.15, -0.1) is 22.7 Å². The summed E-state index contributed by atoms with van der Waals surface area (Å²) in [6.45, 7) is 5.98. The van der Waals surface area contributed by atoms with E-state index in [-0.39, 0.29) is 6.04 Å². The molecule has 2 heterocycles. The van der Waals surface area contributed by atoms with Crippen LogP contribution in [0.15, 0.2) is 29.6 Å². The zero-order valence-electron chi connectivity index (χ0n) is 12.5. The van der Waals surface area contributed by atoms with Gasteiger partial charge in [0.2, 0.25) is 0 Å². The molecule has 1 N–H and O–H groups in total. The molecule has 2 nitrogen and oxygen atoms in total. The Bertz CT molecular complexity index is 510. The molecule has 0 spiro atoms. The van der Waals surface area contributed by atoms with Crippen LogP contribution in [0.4, 0.5) is 0 Å². The van der Waals surface area contributed by atoms with Crippen molar-refractivity contribution in [2.24, 2.45) is 0 Å². The maximum absolute atomic E-state index is 6.08. The number of halogens is 1. The normalized spacial score (nSPS) is 13.0. The lowest BCUT2D eigenvalue weighted by Crippen LogP contribution is -2.22. The highest BCUT2D eigenvalue weighted by atomic mass is 35.5. The first-order valence-electron chi connectivity index (χ1n) is 7.30. The van der Waals surface area contributed by atoms with E-state index in [1.807, 2.05) is 6.07 Å². The second kappa shape index (κ2) is 8.91. The van der Waals surface area contributed by atoms with Crippen molar-refractivity contribution >= 4 is 34.3 Å². The number of thiophene rings is 2. The fourth-order valence-electron chi connectivity index (χ4n) is 2.07. The Balaban J connectivity index is 1.83. The fraction of sp³-hybridized carbons (Fsp3) is 0.500. The predicted molar refractivity (Wildman–Crippen MR) is 93.8 cm³/mol. The van der Waals surface area contributed by atoms with E-state index in [9.17, 15) is 0 Å². The van der Waals surface area contributed by atoms with E-state index in [1.165, 1.54) is 9.75 Å². The van der Waals surface area contributed by atoms with Gasteiger partial charge < -0.3 is 10.1 Å². The second-order valence-corrected chi connectivity index (χ2v) is 7.90. The highest BCUT2D eigenvalue weighted by Crippen LogP contribution is 2.32. The number of unbranched alkanes of at least 4 members (excludes halogenated alkanes) is 1. The van der Waals surface area contributed by atoms with Gasteiger partial charge in [0, 0.05) is 16.4 Å². The molecule has 116 valence electrons. The first-order valence-corrected chi connectivity index (χ1v) is 9.38. The molecule has 0 bridgehead atoms. The highest BCUT2D eigenvalue weighted by molar-refractivity contribution is 7.16. The quantitative estimate of drug-likeness (QED) is 0.620. The topological polar surface area (TPSA) is 21.3 Å². The molecule has 0 fully saturated rings. The van der Waals surface area contributed by atoms with Crippen LogP contribution in [0.1, 0.15) is 42.5 Å². The summed E-state index contributed by atoms with van der Waals surface area (Å²) in [5.74, 6) is 0. The van der Waals surface area contributed by atoms with E-state index in [1.54, 1.807) is 22.7 Å². The molecule has 0 aliphatic heterocycles. The highest BCUT2D eigenvalue weighted by Gasteiger charge is 2.16. The van der Waals surface area contributed by atoms with Gasteiger partial charge in [-0.05, 0) is 56.8 Å². The van der Waals surface area contributed by atoms with E-state index in [2.05, 4.69) is 42.7 Å². The van der Waals surface area contributed by atoms with Crippen LogP contribution in [-0.4, -0.2) is 19.3 Å². The first kappa shape index (κ1) is 17.0. The van der Waals surface area contributed by atoms with Gasteiger partial charge in [0.05, 0.1) is 16.5 Å². The van der Waals surface area contributed by atoms with Crippen molar-refractivity contribution in [3.8, 4) is 0 Å². The first-order chi connectivity index (χ1) is 10.2. The molecule has 2 aromatic rings. The number of hydrogen-bond acceptors (Lipinski definition) is 4. The van der Waals surface area contributed by atoms with Crippen LogP contribution in [0.2, 0.25) is 4.34 Å². The van der Waals surface area contributed by atoms with Gasteiger partial charge in [-0.25, -0.2) is 0 Å². The maximum Gasteiger partial charge on any atom is 0.0931 e. The summed E-state index contributed by atoms with van der Waals surface area (Å²) in [7, 11) is 0. The number of ether oxygens (including phenoxy) is 1. The molecule has 1 unspecified atom stereocenters. The average molecular weight is 344 g/mol. The van der Waals surface area contributed by atoms with Gasteiger partial charge in [0.25, 0.3) is 0 Å². The molecule has 0 saturated heterocycles. The molecule has 0 aliphatic rings. The maximum atomic E-state index is 6.08. The summed E-state index contributed by atoms with van der Waals surface area (Å²) < 4.78 is 6.41. The van der Waals surface area contributed by atoms with Gasteiger partial charge in [0.15, 0.2) is 0 Å². The lowest BCUT2D eigenvalue weighted by atomic mass is 10.2. The molecular formula is C16H22ClNOS2. The van der Waals surface area contributed by atoms with E-state index >= 15 is 0 Å². The Morgan fingerprint density at radius 1 is 1.19 bits per heavy atom. The van der Waals surface area contributed by atoms with E-state index in [0.717, 1.165) is 30.3 Å². The third kappa shape index (κ3) is 5.72. The number of rotatable bonds is 9. The van der Waals surface area contributed by atoms with Crippen molar-refractivity contribution in [3.05, 3.63) is 43.7 Å². The van der Waals surface area contributed by atoms with Crippen LogP contribution in [0, 0.1) is 0 Å². The Hall–Kier alpha value is -0.390. The monoisotopic (exact) mass is 343 g/mol. The van der Waals surface area contributed by atoms with E-state index in [0.29, 0.717) is 6.10 Å². The number of hydrogen-bond donors (Lipinski definition) is 1. The van der Waals surface area contributed by atoms with Crippen LogP contribution in [0.3, 0.4) is 0 Å². The molecule has 0 amide bonds. The van der Waals surface area contributed by atoms with Crippen molar-refractivity contribution < 1.29 is 4.74 Å². The SMILES string of the molecule is CC(C)OCCCCNC(c1cccs1)c1ccc(Cl)s1. The summed E-state index contributed by atoms with van der Waals surface area (Å²) in [4.78, 5) is 2.62. The van der Waals surface area contributed by atoms with Gasteiger partial charge in [0.1, 0.15) is 0 Å². The molecule has 0 aliphatic carbocycles. The van der Waals surface area contributed by atoms with Crippen molar-refractivity contribution in [2.45, 2.75) is 38.8 Å². The predicted octanol–water partition coefficient (Wildman–Crippen LogP) is 5.35. The molecule has 0 saturated carbocycles. The molecule has 2 aromatic heterocycles. The molecule has 2 rings (SSSR count). The standard InChI is InChI=1S/C16H22ClNOS2/c1-12(2)19-10-4-3-9-18-16(13-6-5-11-20-13)14-7-8-15(17)21-14/h5-8,11-12,16,18H,3-4,9-10H2,1-2H3. The molecule has 0 radical (unpaired) electrons. The smallest absolute Gasteiger partial charge is 0.0931 e. The molecule has 1 atom stereocenters. The summed E-state index contributed by atoms with van der Waals surface area (Å²) in [5.41, 5.74) is 0. The minimum Gasteiger partial charge on any atom is -0.379 e. The van der Waals surface area contributed by atoms with E-state index in [4.69, 9.17) is 16.3 Å². The van der Waals surface area contributed by atoms with Crippen molar-refractivity contribution in [3.63, 3.8) is 0 Å². The van der Waals surface area contributed by atoms with Crippen LogP contribution >= 0.6 is 34.3 Å². The van der Waals surface area contributed by atoms with Crippen molar-refractivity contribution in [1.29, 1.82) is 0 Å². The number of nitrogens with one attached hydrogen (secondary N) is 1. The second-order valence-electron chi connectivity index (χ2n) is 5.17.